The zero-order valence-electron chi connectivity index (χ0n) is 12.8. The summed E-state index contributed by atoms with van der Waals surface area (Å²) >= 11 is 5.19. The van der Waals surface area contributed by atoms with Crippen LogP contribution in [0.15, 0.2) is 29.1 Å². The van der Waals surface area contributed by atoms with Gasteiger partial charge < -0.3 is 24.3 Å². The number of nitrogens with one attached hydrogen (secondary N) is 1. The third kappa shape index (κ3) is 3.98. The molecule has 124 valence electrons. The first kappa shape index (κ1) is 17.2. The maximum atomic E-state index is 11.8. The van der Waals surface area contributed by atoms with Crippen LogP contribution in [0.4, 0.5) is 0 Å². The summed E-state index contributed by atoms with van der Waals surface area (Å²) in [5.41, 5.74) is 0.834. The Labute approximate surface area is 137 Å². The number of hydrogen-bond donors (Lipinski definition) is 3. The maximum absolute atomic E-state index is 11.8. The number of aliphatic hydroxyl groups excluding tert-OH is 1. The predicted molar refractivity (Wildman–Crippen MR) is 87.3 cm³/mol. The van der Waals surface area contributed by atoms with E-state index >= 15 is 0 Å². The van der Waals surface area contributed by atoms with Crippen molar-refractivity contribution in [2.75, 3.05) is 14.2 Å². The Morgan fingerprint density at radius 1 is 1.26 bits per heavy atom. The Morgan fingerprint density at radius 2 is 2.00 bits per heavy atom. The number of methoxy groups -OCH3 is 2. The Kier molecular flexibility index (Phi) is 5.54. The fraction of sp³-hybridized carbons (Fsp3) is 0.333. The van der Waals surface area contributed by atoms with E-state index in [4.69, 9.17) is 31.9 Å². The van der Waals surface area contributed by atoms with Crippen molar-refractivity contribution in [1.29, 1.82) is 0 Å². The first-order chi connectivity index (χ1) is 11.0. The molecule has 3 N–H and O–H groups in total. The molecule has 7 nitrogen and oxygen atoms in total. The van der Waals surface area contributed by atoms with Crippen molar-refractivity contribution in [2.24, 2.45) is 0 Å². The minimum Gasteiger partial charge on any atom is -0.497 e. The highest BCUT2D eigenvalue weighted by Crippen LogP contribution is 2.32. The van der Waals surface area contributed by atoms with Gasteiger partial charge in [-0.25, -0.2) is 0 Å². The first-order valence-electron chi connectivity index (χ1n) is 6.89. The summed E-state index contributed by atoms with van der Waals surface area (Å²) in [5, 5.41) is 18.2. The standard InChI is InChI=1S/C15H18N2O5S/c1-21-9-3-4-10(12(7-9)22-2)11-8-13(18)16-15(23)17(11)6-5-14(19)20/h3-4,7-8,14,19-20H,5-6H2,1-2H3,(H,16,18,23). The molecular weight excluding hydrogens is 320 g/mol. The Bertz CT molecular complexity index is 797. The van der Waals surface area contributed by atoms with Crippen molar-refractivity contribution in [3.8, 4) is 22.8 Å². The largest absolute Gasteiger partial charge is 0.497 e. The van der Waals surface area contributed by atoms with Crippen LogP contribution < -0.4 is 15.0 Å². The molecule has 0 fully saturated rings. The van der Waals surface area contributed by atoms with Gasteiger partial charge in [-0.2, -0.15) is 0 Å². The Hall–Kier alpha value is -2.16. The molecule has 2 aromatic rings. The van der Waals surface area contributed by atoms with Crippen molar-refractivity contribution in [3.05, 3.63) is 39.4 Å². The molecule has 0 saturated carbocycles. The quantitative estimate of drug-likeness (QED) is 0.542. The van der Waals surface area contributed by atoms with Crippen LogP contribution in [0.25, 0.3) is 11.3 Å². The molecule has 0 saturated heterocycles. The molecule has 8 heteroatoms. The number of aliphatic hydroxyl groups is 2. The molecule has 0 unspecified atom stereocenters. The molecule has 0 bridgehead atoms. The van der Waals surface area contributed by atoms with Crippen LogP contribution in [0.1, 0.15) is 6.42 Å². The lowest BCUT2D eigenvalue weighted by Gasteiger charge is -2.17. The topological polar surface area (TPSA) is 96.7 Å². The summed E-state index contributed by atoms with van der Waals surface area (Å²) in [6.07, 6.45) is -1.39. The van der Waals surface area contributed by atoms with Gasteiger partial charge >= 0.3 is 0 Å². The van der Waals surface area contributed by atoms with Crippen molar-refractivity contribution < 1.29 is 19.7 Å². The van der Waals surface area contributed by atoms with Crippen molar-refractivity contribution >= 4 is 12.2 Å². The van der Waals surface area contributed by atoms with Gasteiger partial charge in [-0.15, -0.1) is 0 Å². The monoisotopic (exact) mass is 338 g/mol. The van der Waals surface area contributed by atoms with Crippen molar-refractivity contribution in [3.63, 3.8) is 0 Å². The lowest BCUT2D eigenvalue weighted by atomic mass is 10.1. The lowest BCUT2D eigenvalue weighted by molar-refractivity contribution is -0.0477. The summed E-state index contributed by atoms with van der Waals surface area (Å²) in [7, 11) is 3.06. The third-order valence-electron chi connectivity index (χ3n) is 3.33. The van der Waals surface area contributed by atoms with E-state index in [1.54, 1.807) is 29.9 Å². The van der Waals surface area contributed by atoms with E-state index in [2.05, 4.69) is 4.98 Å². The van der Waals surface area contributed by atoms with E-state index in [1.165, 1.54) is 13.2 Å². The summed E-state index contributed by atoms with van der Waals surface area (Å²) < 4.78 is 12.4. The van der Waals surface area contributed by atoms with Gasteiger partial charge in [-0.05, 0) is 24.4 Å². The molecule has 1 heterocycles. The van der Waals surface area contributed by atoms with Gasteiger partial charge in [0.05, 0.1) is 19.9 Å². The fourth-order valence-electron chi connectivity index (χ4n) is 2.22. The van der Waals surface area contributed by atoms with Gasteiger partial charge in [0, 0.05) is 30.7 Å². The van der Waals surface area contributed by atoms with Gasteiger partial charge in [-0.1, -0.05) is 0 Å². The number of H-pyrrole nitrogens is 1. The van der Waals surface area contributed by atoms with Gasteiger partial charge in [0.2, 0.25) is 0 Å². The third-order valence-corrected chi connectivity index (χ3v) is 3.65. The molecule has 2 rings (SSSR count). The second-order valence-electron chi connectivity index (χ2n) is 4.81. The average molecular weight is 338 g/mol. The normalized spacial score (nSPS) is 10.8. The lowest BCUT2D eigenvalue weighted by Crippen LogP contribution is -2.18. The van der Waals surface area contributed by atoms with Crippen LogP contribution in [0.2, 0.25) is 0 Å². The van der Waals surface area contributed by atoms with Crippen LogP contribution >= 0.6 is 12.2 Å². The number of benzene rings is 1. The maximum Gasteiger partial charge on any atom is 0.252 e. The highest BCUT2D eigenvalue weighted by molar-refractivity contribution is 7.71. The summed E-state index contributed by atoms with van der Waals surface area (Å²) in [6.45, 7) is 0.234. The second kappa shape index (κ2) is 7.40. The van der Waals surface area contributed by atoms with Crippen LogP contribution in [-0.2, 0) is 6.54 Å². The molecule has 0 radical (unpaired) electrons. The van der Waals surface area contributed by atoms with E-state index < -0.39 is 6.29 Å². The number of ether oxygens (including phenoxy) is 2. The van der Waals surface area contributed by atoms with E-state index in [-0.39, 0.29) is 23.3 Å². The second-order valence-corrected chi connectivity index (χ2v) is 5.20. The molecule has 0 aliphatic rings. The van der Waals surface area contributed by atoms with Crippen molar-refractivity contribution in [2.45, 2.75) is 19.3 Å². The van der Waals surface area contributed by atoms with Crippen LogP contribution in [0, 0.1) is 4.77 Å². The van der Waals surface area contributed by atoms with Gasteiger partial charge in [0.1, 0.15) is 11.5 Å². The Balaban J connectivity index is 2.62. The molecule has 0 amide bonds. The van der Waals surface area contributed by atoms with Crippen LogP contribution in [0.3, 0.4) is 0 Å². The van der Waals surface area contributed by atoms with Gasteiger partial charge in [-0.3, -0.25) is 9.78 Å². The van der Waals surface area contributed by atoms with Crippen molar-refractivity contribution in [1.82, 2.24) is 9.55 Å². The van der Waals surface area contributed by atoms with Gasteiger partial charge in [0.25, 0.3) is 5.56 Å². The van der Waals surface area contributed by atoms with E-state index in [9.17, 15) is 4.79 Å². The summed E-state index contributed by atoms with van der Waals surface area (Å²) in [4.78, 5) is 14.3. The zero-order chi connectivity index (χ0) is 17.0. The SMILES string of the molecule is COc1ccc(-c2cc(=O)[nH]c(=S)n2CCC(O)O)c(OC)c1. The van der Waals surface area contributed by atoms with Crippen LogP contribution in [-0.4, -0.2) is 40.3 Å². The number of hydrogen-bond acceptors (Lipinski definition) is 6. The molecule has 23 heavy (non-hydrogen) atoms. The number of rotatable bonds is 6. The van der Waals surface area contributed by atoms with Gasteiger partial charge in [0.15, 0.2) is 11.1 Å². The highest BCUT2D eigenvalue weighted by atomic mass is 32.1. The minimum absolute atomic E-state index is 0.0752. The first-order valence-corrected chi connectivity index (χ1v) is 7.29. The Morgan fingerprint density at radius 3 is 2.61 bits per heavy atom. The molecule has 0 aliphatic heterocycles. The average Bonchev–Trinajstić information content (AvgIpc) is 2.52. The molecule has 1 aromatic heterocycles. The number of aromatic amines is 1. The molecule has 0 spiro atoms. The smallest absolute Gasteiger partial charge is 0.252 e. The van der Waals surface area contributed by atoms with E-state index in [1.807, 2.05) is 0 Å². The predicted octanol–water partition coefficient (Wildman–Crippen LogP) is 1.29. The summed E-state index contributed by atoms with van der Waals surface area (Å²) in [5.74, 6) is 1.13. The number of aromatic nitrogens is 2. The molecule has 1 aromatic carbocycles. The molecule has 0 atom stereocenters. The molecular formula is C15H18N2O5S. The highest BCUT2D eigenvalue weighted by Gasteiger charge is 2.13. The summed E-state index contributed by atoms with van der Waals surface area (Å²) in [6, 6.07) is 6.59. The fourth-order valence-corrected chi connectivity index (χ4v) is 2.51. The van der Waals surface area contributed by atoms with Crippen LogP contribution in [0.5, 0.6) is 11.5 Å². The van der Waals surface area contributed by atoms with E-state index in [0.29, 0.717) is 22.8 Å². The number of nitrogens with zero attached hydrogens (tertiary/aromatic N) is 1. The minimum atomic E-state index is -1.46. The molecule has 0 aliphatic carbocycles. The van der Waals surface area contributed by atoms with E-state index in [0.717, 1.165) is 0 Å². The zero-order valence-corrected chi connectivity index (χ0v) is 13.6.